The highest BCUT2D eigenvalue weighted by molar-refractivity contribution is 5.97. The number of benzene rings is 1. The van der Waals surface area contributed by atoms with E-state index < -0.39 is 0 Å². The highest BCUT2D eigenvalue weighted by Crippen LogP contribution is 2.24. The molecule has 110 valence electrons. The quantitative estimate of drug-likeness (QED) is 0.919. The van der Waals surface area contributed by atoms with Crippen LogP contribution in [0, 0.1) is 19.8 Å². The molecule has 2 unspecified atom stereocenters. The van der Waals surface area contributed by atoms with Gasteiger partial charge in [-0.2, -0.15) is 0 Å². The molecule has 3 nitrogen and oxygen atoms in total. The van der Waals surface area contributed by atoms with Crippen molar-refractivity contribution in [3.8, 4) is 0 Å². The Hall–Kier alpha value is -1.35. The number of aryl methyl sites for hydroxylation is 2. The summed E-state index contributed by atoms with van der Waals surface area (Å²) in [7, 11) is 1.89. The second kappa shape index (κ2) is 6.40. The molecule has 2 atom stereocenters. The van der Waals surface area contributed by atoms with Crippen molar-refractivity contribution in [1.29, 1.82) is 0 Å². The first kappa shape index (κ1) is 15.0. The normalized spacial score (nSPS) is 22.6. The molecular formula is C17H26N2O. The molecule has 1 aliphatic heterocycles. The lowest BCUT2D eigenvalue weighted by molar-refractivity contribution is -0.121. The molecule has 1 saturated heterocycles. The molecular weight excluding hydrogens is 248 g/mol. The Morgan fingerprint density at radius 2 is 2.15 bits per heavy atom. The van der Waals surface area contributed by atoms with Crippen LogP contribution in [-0.2, 0) is 4.79 Å². The maximum absolute atomic E-state index is 12.7. The summed E-state index contributed by atoms with van der Waals surface area (Å²) in [5, 5.41) is 3.37. The number of amides is 1. The smallest absolute Gasteiger partial charge is 0.243 e. The van der Waals surface area contributed by atoms with E-state index in [9.17, 15) is 4.79 Å². The Balaban J connectivity index is 2.11. The molecule has 0 radical (unpaired) electrons. The lowest BCUT2D eigenvalue weighted by Gasteiger charge is -2.32. The predicted molar refractivity (Wildman–Crippen MR) is 84.1 cm³/mol. The molecule has 0 spiro atoms. The predicted octanol–water partition coefficient (Wildman–Crippen LogP) is 3.04. The minimum Gasteiger partial charge on any atom is -0.314 e. The van der Waals surface area contributed by atoms with Crippen molar-refractivity contribution in [2.24, 2.45) is 5.92 Å². The molecule has 20 heavy (non-hydrogen) atoms. The van der Waals surface area contributed by atoms with Crippen molar-refractivity contribution in [3.63, 3.8) is 0 Å². The standard InChI is InChI=1S/C17H26N2O/c1-5-14-8-9-18-15(11-14)17(20)19(4)16-7-6-12(2)10-13(16)3/h6-7,10,14-15,18H,5,8-9,11H2,1-4H3. The van der Waals surface area contributed by atoms with E-state index >= 15 is 0 Å². The molecule has 1 aromatic rings. The molecule has 1 aromatic carbocycles. The third-order valence-corrected chi connectivity index (χ3v) is 4.43. The third kappa shape index (κ3) is 3.21. The van der Waals surface area contributed by atoms with Gasteiger partial charge < -0.3 is 10.2 Å². The number of rotatable bonds is 3. The monoisotopic (exact) mass is 274 g/mol. The lowest BCUT2D eigenvalue weighted by atomic mass is 9.90. The topological polar surface area (TPSA) is 32.3 Å². The fourth-order valence-electron chi connectivity index (χ4n) is 3.09. The fraction of sp³-hybridized carbons (Fsp3) is 0.588. The second-order valence-electron chi connectivity index (χ2n) is 5.99. The molecule has 0 saturated carbocycles. The fourth-order valence-corrected chi connectivity index (χ4v) is 3.09. The molecule has 0 aromatic heterocycles. The molecule has 1 N–H and O–H groups in total. The molecule has 1 amide bonds. The summed E-state index contributed by atoms with van der Waals surface area (Å²) in [6.07, 6.45) is 3.32. The van der Waals surface area contributed by atoms with Gasteiger partial charge in [0, 0.05) is 12.7 Å². The van der Waals surface area contributed by atoms with Gasteiger partial charge >= 0.3 is 0 Å². The van der Waals surface area contributed by atoms with Crippen LogP contribution in [0.15, 0.2) is 18.2 Å². The van der Waals surface area contributed by atoms with Gasteiger partial charge in [-0.1, -0.05) is 31.0 Å². The average Bonchev–Trinajstić information content (AvgIpc) is 2.46. The van der Waals surface area contributed by atoms with Crippen LogP contribution < -0.4 is 10.2 Å². The molecule has 1 aliphatic rings. The number of carbonyl (C=O) groups excluding carboxylic acids is 1. The molecule has 0 bridgehead atoms. The largest absolute Gasteiger partial charge is 0.314 e. The van der Waals surface area contributed by atoms with Gasteiger partial charge in [0.25, 0.3) is 0 Å². The lowest BCUT2D eigenvalue weighted by Crippen LogP contribution is -2.49. The summed E-state index contributed by atoms with van der Waals surface area (Å²) in [5.74, 6) is 0.868. The molecule has 2 rings (SSSR count). The Morgan fingerprint density at radius 3 is 2.80 bits per heavy atom. The number of nitrogens with zero attached hydrogens (tertiary/aromatic N) is 1. The summed E-state index contributed by atoms with van der Waals surface area (Å²) >= 11 is 0. The zero-order valence-electron chi connectivity index (χ0n) is 13.1. The summed E-state index contributed by atoms with van der Waals surface area (Å²) in [4.78, 5) is 14.5. The molecule has 0 aliphatic carbocycles. The number of piperidine rings is 1. The van der Waals surface area contributed by atoms with E-state index in [1.54, 1.807) is 0 Å². The number of likely N-dealkylation sites (N-methyl/N-ethyl adjacent to an activating group) is 1. The molecule has 1 heterocycles. The highest BCUT2D eigenvalue weighted by atomic mass is 16.2. The number of hydrogen-bond acceptors (Lipinski definition) is 2. The van der Waals surface area contributed by atoms with E-state index in [1.807, 2.05) is 18.0 Å². The third-order valence-electron chi connectivity index (χ3n) is 4.43. The zero-order valence-corrected chi connectivity index (χ0v) is 13.1. The first-order valence-electron chi connectivity index (χ1n) is 7.61. The Labute approximate surface area is 122 Å². The van der Waals surface area contributed by atoms with Crippen molar-refractivity contribution in [3.05, 3.63) is 29.3 Å². The van der Waals surface area contributed by atoms with E-state index in [0.717, 1.165) is 24.2 Å². The van der Waals surface area contributed by atoms with Crippen LogP contribution in [0.2, 0.25) is 0 Å². The van der Waals surface area contributed by atoms with Gasteiger partial charge in [-0.15, -0.1) is 0 Å². The molecule has 3 heteroatoms. The summed E-state index contributed by atoms with van der Waals surface area (Å²) < 4.78 is 0. The van der Waals surface area contributed by atoms with Crippen molar-refractivity contribution >= 4 is 11.6 Å². The van der Waals surface area contributed by atoms with Crippen LogP contribution in [0.3, 0.4) is 0 Å². The first-order chi connectivity index (χ1) is 9.52. The number of nitrogens with one attached hydrogen (secondary N) is 1. The van der Waals surface area contributed by atoms with Crippen LogP contribution in [0.25, 0.3) is 0 Å². The minimum absolute atomic E-state index is 0.0283. The SMILES string of the molecule is CCC1CCNC(C(=O)N(C)c2ccc(C)cc2C)C1. The van der Waals surface area contributed by atoms with E-state index in [0.29, 0.717) is 5.92 Å². The van der Waals surface area contributed by atoms with Crippen molar-refractivity contribution in [1.82, 2.24) is 5.32 Å². The summed E-state index contributed by atoms with van der Waals surface area (Å²) in [5.41, 5.74) is 3.40. The van der Waals surface area contributed by atoms with E-state index in [4.69, 9.17) is 0 Å². The number of carbonyl (C=O) groups is 1. The zero-order chi connectivity index (χ0) is 14.7. The Kier molecular flexibility index (Phi) is 4.81. The van der Waals surface area contributed by atoms with E-state index in [-0.39, 0.29) is 11.9 Å². The van der Waals surface area contributed by atoms with Gasteiger partial charge in [0.15, 0.2) is 0 Å². The maximum Gasteiger partial charge on any atom is 0.243 e. The average molecular weight is 274 g/mol. The van der Waals surface area contributed by atoms with E-state index in [1.165, 1.54) is 18.4 Å². The van der Waals surface area contributed by atoms with Crippen LogP contribution in [-0.4, -0.2) is 25.5 Å². The Morgan fingerprint density at radius 1 is 1.40 bits per heavy atom. The van der Waals surface area contributed by atoms with Crippen molar-refractivity contribution in [2.75, 3.05) is 18.5 Å². The second-order valence-corrected chi connectivity index (χ2v) is 5.99. The van der Waals surface area contributed by atoms with Gasteiger partial charge in [0.2, 0.25) is 5.91 Å². The van der Waals surface area contributed by atoms with E-state index in [2.05, 4.69) is 38.2 Å². The van der Waals surface area contributed by atoms with Crippen LogP contribution in [0.4, 0.5) is 5.69 Å². The van der Waals surface area contributed by atoms with Gasteiger partial charge in [0.05, 0.1) is 6.04 Å². The summed E-state index contributed by atoms with van der Waals surface area (Å²) in [6.45, 7) is 7.31. The minimum atomic E-state index is -0.0283. The molecule has 1 fully saturated rings. The Bertz CT molecular complexity index is 484. The van der Waals surface area contributed by atoms with Crippen LogP contribution in [0.1, 0.15) is 37.3 Å². The number of hydrogen-bond donors (Lipinski definition) is 1. The van der Waals surface area contributed by atoms with Gasteiger partial charge in [0.1, 0.15) is 0 Å². The van der Waals surface area contributed by atoms with Gasteiger partial charge in [-0.3, -0.25) is 4.79 Å². The number of anilines is 1. The summed E-state index contributed by atoms with van der Waals surface area (Å²) in [6, 6.07) is 6.21. The van der Waals surface area contributed by atoms with Gasteiger partial charge in [-0.25, -0.2) is 0 Å². The van der Waals surface area contributed by atoms with Gasteiger partial charge in [-0.05, 0) is 50.8 Å². The maximum atomic E-state index is 12.7. The van der Waals surface area contributed by atoms with Crippen LogP contribution >= 0.6 is 0 Å². The highest BCUT2D eigenvalue weighted by Gasteiger charge is 2.28. The van der Waals surface area contributed by atoms with Crippen molar-refractivity contribution in [2.45, 2.75) is 46.1 Å². The van der Waals surface area contributed by atoms with Crippen molar-refractivity contribution < 1.29 is 4.79 Å². The first-order valence-corrected chi connectivity index (χ1v) is 7.61. The van der Waals surface area contributed by atoms with Crippen LogP contribution in [0.5, 0.6) is 0 Å².